The van der Waals surface area contributed by atoms with Crippen LogP contribution in [0.15, 0.2) is 24.5 Å². The van der Waals surface area contributed by atoms with Crippen LogP contribution < -0.4 is 5.32 Å². The molecule has 2 aromatic rings. The van der Waals surface area contributed by atoms with E-state index in [1.54, 1.807) is 4.68 Å². The van der Waals surface area contributed by atoms with E-state index < -0.39 is 0 Å². The predicted octanol–water partition coefficient (Wildman–Crippen LogP) is 2.04. The van der Waals surface area contributed by atoms with Gasteiger partial charge in [0.05, 0.1) is 17.6 Å². The molecule has 0 aromatic carbocycles. The lowest BCUT2D eigenvalue weighted by Crippen LogP contribution is -2.01. The lowest BCUT2D eigenvalue weighted by molar-refractivity contribution is 0.767. The zero-order chi connectivity index (χ0) is 11.5. The van der Waals surface area contributed by atoms with Crippen molar-refractivity contribution in [2.24, 2.45) is 7.05 Å². The van der Waals surface area contributed by atoms with Gasteiger partial charge in [-0.25, -0.2) is 0 Å². The van der Waals surface area contributed by atoms with Crippen LogP contribution in [0.5, 0.6) is 0 Å². The average Bonchev–Trinajstić information content (AvgIpc) is 2.63. The fraction of sp³-hybridized carbons (Fsp3) is 0.333. The Morgan fingerprint density at radius 1 is 1.31 bits per heavy atom. The molecule has 0 saturated carbocycles. The second-order valence-electron chi connectivity index (χ2n) is 3.96. The van der Waals surface area contributed by atoms with Gasteiger partial charge in [0.2, 0.25) is 0 Å². The molecule has 0 aliphatic heterocycles. The molecule has 2 aromatic heterocycles. The summed E-state index contributed by atoms with van der Waals surface area (Å²) in [6, 6.07) is 4.08. The second-order valence-corrected chi connectivity index (χ2v) is 3.96. The van der Waals surface area contributed by atoms with Gasteiger partial charge in [-0.3, -0.25) is 9.67 Å². The molecule has 0 aliphatic carbocycles. The summed E-state index contributed by atoms with van der Waals surface area (Å²) in [5.41, 5.74) is 4.32. The molecule has 0 unspecified atom stereocenters. The Hall–Kier alpha value is -1.84. The van der Waals surface area contributed by atoms with Crippen LogP contribution in [0.3, 0.4) is 0 Å². The summed E-state index contributed by atoms with van der Waals surface area (Å²) < 4.78 is 1.80. The summed E-state index contributed by atoms with van der Waals surface area (Å²) in [7, 11) is 1.92. The SMILES string of the molecule is Cc1ccc(NCc2cnn(C)c2)c(C)n1. The van der Waals surface area contributed by atoms with Crippen molar-refractivity contribution in [1.82, 2.24) is 14.8 Å². The number of pyridine rings is 1. The highest BCUT2D eigenvalue weighted by Crippen LogP contribution is 2.13. The summed E-state index contributed by atoms with van der Waals surface area (Å²) in [6.45, 7) is 4.79. The summed E-state index contributed by atoms with van der Waals surface area (Å²) in [4.78, 5) is 4.41. The van der Waals surface area contributed by atoms with Crippen LogP contribution >= 0.6 is 0 Å². The van der Waals surface area contributed by atoms with E-state index in [1.165, 1.54) is 5.56 Å². The van der Waals surface area contributed by atoms with E-state index in [4.69, 9.17) is 0 Å². The van der Waals surface area contributed by atoms with E-state index in [0.29, 0.717) is 0 Å². The van der Waals surface area contributed by atoms with Crippen LogP contribution in [-0.2, 0) is 13.6 Å². The minimum absolute atomic E-state index is 0.777. The van der Waals surface area contributed by atoms with Gasteiger partial charge in [0.15, 0.2) is 0 Å². The van der Waals surface area contributed by atoms with Crippen LogP contribution in [0, 0.1) is 13.8 Å². The third-order valence-electron chi connectivity index (χ3n) is 2.47. The van der Waals surface area contributed by atoms with Crippen molar-refractivity contribution in [3.05, 3.63) is 41.5 Å². The van der Waals surface area contributed by atoms with Gasteiger partial charge >= 0.3 is 0 Å². The lowest BCUT2D eigenvalue weighted by Gasteiger charge is -2.08. The Morgan fingerprint density at radius 3 is 2.75 bits per heavy atom. The molecule has 0 aliphatic rings. The van der Waals surface area contributed by atoms with Crippen LogP contribution in [0.25, 0.3) is 0 Å². The topological polar surface area (TPSA) is 42.7 Å². The van der Waals surface area contributed by atoms with E-state index in [9.17, 15) is 0 Å². The third kappa shape index (κ3) is 2.39. The molecule has 2 rings (SSSR count). The van der Waals surface area contributed by atoms with Crippen molar-refractivity contribution < 1.29 is 0 Å². The maximum atomic E-state index is 4.41. The lowest BCUT2D eigenvalue weighted by atomic mass is 10.2. The standard InChI is InChI=1S/C12H16N4/c1-9-4-5-12(10(2)15-9)13-6-11-7-14-16(3)8-11/h4-5,7-8,13H,6H2,1-3H3. The number of hydrogen-bond acceptors (Lipinski definition) is 3. The van der Waals surface area contributed by atoms with E-state index in [0.717, 1.165) is 23.6 Å². The largest absolute Gasteiger partial charge is 0.379 e. The molecular weight excluding hydrogens is 200 g/mol. The van der Waals surface area contributed by atoms with Gasteiger partial charge < -0.3 is 5.32 Å². The highest BCUT2D eigenvalue weighted by atomic mass is 15.2. The fourth-order valence-corrected chi connectivity index (χ4v) is 1.63. The summed E-state index contributed by atoms with van der Waals surface area (Å²) >= 11 is 0. The van der Waals surface area contributed by atoms with E-state index >= 15 is 0 Å². The molecule has 0 spiro atoms. The molecular formula is C12H16N4. The van der Waals surface area contributed by atoms with Crippen LogP contribution in [0.2, 0.25) is 0 Å². The van der Waals surface area contributed by atoms with Crippen molar-refractivity contribution in [3.8, 4) is 0 Å². The highest BCUT2D eigenvalue weighted by Gasteiger charge is 2.00. The van der Waals surface area contributed by atoms with E-state index in [1.807, 2.05) is 39.4 Å². The Bertz CT molecular complexity index is 488. The highest BCUT2D eigenvalue weighted by molar-refractivity contribution is 5.47. The molecule has 4 heteroatoms. The molecule has 0 saturated heterocycles. The van der Waals surface area contributed by atoms with E-state index in [2.05, 4.69) is 21.5 Å². The molecule has 1 N–H and O–H groups in total. The maximum Gasteiger partial charge on any atom is 0.0606 e. The quantitative estimate of drug-likeness (QED) is 0.853. The first-order valence-electron chi connectivity index (χ1n) is 5.31. The maximum absolute atomic E-state index is 4.41. The third-order valence-corrected chi connectivity index (χ3v) is 2.47. The Balaban J connectivity index is 2.04. The van der Waals surface area contributed by atoms with Gasteiger partial charge in [-0.1, -0.05) is 0 Å². The van der Waals surface area contributed by atoms with Gasteiger partial charge in [0.25, 0.3) is 0 Å². The Labute approximate surface area is 95.3 Å². The first-order valence-corrected chi connectivity index (χ1v) is 5.31. The van der Waals surface area contributed by atoms with Crippen molar-refractivity contribution in [2.75, 3.05) is 5.32 Å². The number of aromatic nitrogens is 3. The van der Waals surface area contributed by atoms with Crippen LogP contribution in [-0.4, -0.2) is 14.8 Å². The Kier molecular flexibility index (Phi) is 2.90. The number of hydrogen-bond donors (Lipinski definition) is 1. The number of aryl methyl sites for hydroxylation is 3. The molecule has 0 fully saturated rings. The molecule has 16 heavy (non-hydrogen) atoms. The minimum atomic E-state index is 0.777. The fourth-order valence-electron chi connectivity index (χ4n) is 1.63. The first kappa shape index (κ1) is 10.7. The van der Waals surface area contributed by atoms with Gasteiger partial charge in [-0.05, 0) is 26.0 Å². The zero-order valence-corrected chi connectivity index (χ0v) is 9.86. The first-order chi connectivity index (χ1) is 7.65. The number of anilines is 1. The number of nitrogens with one attached hydrogen (secondary N) is 1. The van der Waals surface area contributed by atoms with Gasteiger partial charge in [0.1, 0.15) is 0 Å². The number of rotatable bonds is 3. The normalized spacial score (nSPS) is 10.4. The summed E-state index contributed by atoms with van der Waals surface area (Å²) in [6.07, 6.45) is 3.87. The Morgan fingerprint density at radius 2 is 2.12 bits per heavy atom. The van der Waals surface area contributed by atoms with Gasteiger partial charge in [-0.15, -0.1) is 0 Å². The molecule has 0 atom stereocenters. The van der Waals surface area contributed by atoms with Crippen molar-refractivity contribution in [2.45, 2.75) is 20.4 Å². The summed E-state index contributed by atoms with van der Waals surface area (Å²) in [5, 5.41) is 7.48. The minimum Gasteiger partial charge on any atom is -0.379 e. The molecule has 0 amide bonds. The van der Waals surface area contributed by atoms with Gasteiger partial charge in [0, 0.05) is 31.0 Å². The molecule has 2 heterocycles. The molecule has 0 bridgehead atoms. The van der Waals surface area contributed by atoms with Crippen molar-refractivity contribution >= 4 is 5.69 Å². The van der Waals surface area contributed by atoms with Crippen LogP contribution in [0.1, 0.15) is 17.0 Å². The van der Waals surface area contributed by atoms with Crippen molar-refractivity contribution in [3.63, 3.8) is 0 Å². The van der Waals surface area contributed by atoms with Crippen molar-refractivity contribution in [1.29, 1.82) is 0 Å². The summed E-state index contributed by atoms with van der Waals surface area (Å²) in [5.74, 6) is 0. The second kappa shape index (κ2) is 4.35. The average molecular weight is 216 g/mol. The predicted molar refractivity (Wildman–Crippen MR) is 64.2 cm³/mol. The molecule has 4 nitrogen and oxygen atoms in total. The number of nitrogens with zero attached hydrogens (tertiary/aromatic N) is 3. The molecule has 84 valence electrons. The monoisotopic (exact) mass is 216 g/mol. The van der Waals surface area contributed by atoms with E-state index in [-0.39, 0.29) is 0 Å². The zero-order valence-electron chi connectivity index (χ0n) is 9.86. The van der Waals surface area contributed by atoms with Crippen LogP contribution in [0.4, 0.5) is 5.69 Å². The molecule has 0 radical (unpaired) electrons. The smallest absolute Gasteiger partial charge is 0.0606 e. The van der Waals surface area contributed by atoms with Gasteiger partial charge in [-0.2, -0.15) is 5.10 Å².